The number of amides is 1. The lowest BCUT2D eigenvalue weighted by Gasteiger charge is -2.24. The van der Waals surface area contributed by atoms with Crippen molar-refractivity contribution < 1.29 is 9.53 Å². The number of ether oxygens (including phenoxy) is 1. The highest BCUT2D eigenvalue weighted by Crippen LogP contribution is 2.30. The quantitative estimate of drug-likeness (QED) is 0.517. The molecular weight excluding hydrogens is 328 g/mol. The van der Waals surface area contributed by atoms with E-state index in [0.29, 0.717) is 22.6 Å². The van der Waals surface area contributed by atoms with Gasteiger partial charge in [-0.05, 0) is 50.8 Å². The van der Waals surface area contributed by atoms with E-state index in [4.69, 9.17) is 4.74 Å². The third-order valence-corrected chi connectivity index (χ3v) is 4.89. The zero-order valence-corrected chi connectivity index (χ0v) is 17.6. The van der Waals surface area contributed by atoms with Crippen molar-refractivity contribution in [3.05, 3.63) is 28.1 Å². The van der Waals surface area contributed by atoms with Gasteiger partial charge < -0.3 is 4.74 Å². The average molecular weight is 357 g/mol. The van der Waals surface area contributed by atoms with E-state index >= 15 is 0 Å². The molecule has 0 saturated heterocycles. The van der Waals surface area contributed by atoms with Crippen molar-refractivity contribution in [3.8, 4) is 11.5 Å². The Balaban J connectivity index is 2.31. The van der Waals surface area contributed by atoms with Crippen LogP contribution in [0.25, 0.3) is 0 Å². The Morgan fingerprint density at radius 2 is 1.72 bits per heavy atom. The number of aryl methyl sites for hydroxylation is 1. The SMILES string of the molecule is Cc1nc(C#C[Si]C(C)(C)C)c2c(c1C)CN(C(=O)OC(C)(C)C)C2. The van der Waals surface area contributed by atoms with E-state index in [-0.39, 0.29) is 11.1 Å². The van der Waals surface area contributed by atoms with Crippen molar-refractivity contribution >= 4 is 15.6 Å². The van der Waals surface area contributed by atoms with Gasteiger partial charge in [0, 0.05) is 11.3 Å². The molecule has 0 bridgehead atoms. The summed E-state index contributed by atoms with van der Waals surface area (Å²) in [5, 5.41) is 0.193. The lowest BCUT2D eigenvalue weighted by molar-refractivity contribution is 0.0241. The summed E-state index contributed by atoms with van der Waals surface area (Å²) < 4.78 is 5.52. The molecule has 0 spiro atoms. The van der Waals surface area contributed by atoms with Crippen LogP contribution < -0.4 is 0 Å². The number of nitrogens with zero attached hydrogens (tertiary/aromatic N) is 2. The molecule has 2 rings (SSSR count). The highest BCUT2D eigenvalue weighted by Gasteiger charge is 2.31. The number of pyridine rings is 1. The Morgan fingerprint density at radius 1 is 1.12 bits per heavy atom. The van der Waals surface area contributed by atoms with E-state index in [1.165, 1.54) is 5.56 Å². The van der Waals surface area contributed by atoms with Crippen LogP contribution in [-0.4, -0.2) is 31.1 Å². The maximum atomic E-state index is 12.4. The molecule has 2 heterocycles. The Morgan fingerprint density at radius 3 is 2.28 bits per heavy atom. The molecule has 0 saturated carbocycles. The normalized spacial score (nSPS) is 14.0. The molecule has 25 heavy (non-hydrogen) atoms. The molecule has 0 N–H and O–H groups in total. The minimum Gasteiger partial charge on any atom is -0.444 e. The van der Waals surface area contributed by atoms with Gasteiger partial charge in [-0.15, -0.1) is 5.54 Å². The van der Waals surface area contributed by atoms with E-state index < -0.39 is 5.60 Å². The lowest BCUT2D eigenvalue weighted by Crippen LogP contribution is -2.33. The Kier molecular flexibility index (Phi) is 5.34. The summed E-state index contributed by atoms with van der Waals surface area (Å²) in [4.78, 5) is 18.9. The third-order valence-electron chi connectivity index (χ3n) is 3.89. The van der Waals surface area contributed by atoms with E-state index in [2.05, 4.69) is 44.1 Å². The molecule has 2 radical (unpaired) electrons. The number of rotatable bonds is 0. The van der Waals surface area contributed by atoms with E-state index in [0.717, 1.165) is 22.5 Å². The Bertz CT molecular complexity index is 746. The van der Waals surface area contributed by atoms with Gasteiger partial charge in [-0.1, -0.05) is 26.7 Å². The molecule has 0 aliphatic carbocycles. The van der Waals surface area contributed by atoms with E-state index in [1.807, 2.05) is 27.7 Å². The average Bonchev–Trinajstić information content (AvgIpc) is 2.86. The maximum absolute atomic E-state index is 12.4. The number of hydrogen-bond donors (Lipinski definition) is 0. The van der Waals surface area contributed by atoms with Crippen LogP contribution in [0.3, 0.4) is 0 Å². The minimum atomic E-state index is -0.495. The molecule has 0 aromatic carbocycles. The van der Waals surface area contributed by atoms with Crippen molar-refractivity contribution in [2.75, 3.05) is 0 Å². The largest absolute Gasteiger partial charge is 0.444 e. The molecule has 1 aliphatic rings. The topological polar surface area (TPSA) is 42.4 Å². The molecule has 5 heteroatoms. The van der Waals surface area contributed by atoms with Crippen LogP contribution in [-0.2, 0) is 17.8 Å². The first-order valence-corrected chi connectivity index (χ1v) is 9.62. The van der Waals surface area contributed by atoms with Crippen LogP contribution in [0.2, 0.25) is 5.04 Å². The summed E-state index contributed by atoms with van der Waals surface area (Å²) in [6.45, 7) is 17.3. The van der Waals surface area contributed by atoms with Gasteiger partial charge >= 0.3 is 6.09 Å². The number of carbonyl (C=O) groups is 1. The minimum absolute atomic E-state index is 0.193. The van der Waals surface area contributed by atoms with E-state index in [9.17, 15) is 4.79 Å². The molecule has 134 valence electrons. The first-order chi connectivity index (χ1) is 11.4. The fourth-order valence-corrected chi connectivity index (χ4v) is 3.12. The molecule has 1 aromatic rings. The van der Waals surface area contributed by atoms with Crippen molar-refractivity contribution in [1.29, 1.82) is 0 Å². The zero-order chi connectivity index (χ0) is 19.0. The molecule has 1 aliphatic heterocycles. The summed E-state index contributed by atoms with van der Waals surface area (Å²) in [6.07, 6.45) is -0.281. The molecule has 0 atom stereocenters. The molecule has 1 amide bonds. The van der Waals surface area contributed by atoms with Gasteiger partial charge in [-0.3, -0.25) is 4.90 Å². The second-order valence-electron chi connectivity index (χ2n) is 8.59. The van der Waals surface area contributed by atoms with Gasteiger partial charge in [0.2, 0.25) is 0 Å². The fraction of sp³-hybridized carbons (Fsp3) is 0.600. The standard InChI is InChI=1S/C20H28N2O2Si/c1-13-14(2)21-17(9-10-25-20(6,7)8)16-12-22(11-15(13)16)18(23)24-19(3,4)5/h11-12H2,1-8H3. The van der Waals surface area contributed by atoms with Crippen molar-refractivity contribution in [3.63, 3.8) is 0 Å². The second-order valence-corrected chi connectivity index (χ2v) is 10.6. The summed E-state index contributed by atoms with van der Waals surface area (Å²) >= 11 is 0. The maximum Gasteiger partial charge on any atom is 0.410 e. The summed E-state index contributed by atoms with van der Waals surface area (Å²) in [5.74, 6) is 3.25. The fourth-order valence-electron chi connectivity index (χ4n) is 2.57. The van der Waals surface area contributed by atoms with Crippen molar-refractivity contribution in [2.24, 2.45) is 0 Å². The van der Waals surface area contributed by atoms with Gasteiger partial charge in [0.1, 0.15) is 11.3 Å². The Labute approximate surface area is 154 Å². The van der Waals surface area contributed by atoms with Gasteiger partial charge in [0.25, 0.3) is 0 Å². The van der Waals surface area contributed by atoms with Crippen molar-refractivity contribution in [2.45, 2.75) is 79.1 Å². The van der Waals surface area contributed by atoms with Gasteiger partial charge in [0.15, 0.2) is 9.52 Å². The summed E-state index contributed by atoms with van der Waals surface area (Å²) in [6, 6.07) is 0. The van der Waals surface area contributed by atoms with Gasteiger partial charge in [0.05, 0.1) is 13.1 Å². The van der Waals surface area contributed by atoms with Gasteiger partial charge in [-0.2, -0.15) is 0 Å². The monoisotopic (exact) mass is 356 g/mol. The van der Waals surface area contributed by atoms with E-state index in [1.54, 1.807) is 4.90 Å². The number of aromatic nitrogens is 1. The summed E-state index contributed by atoms with van der Waals surface area (Å²) in [5.41, 5.74) is 7.95. The number of hydrogen-bond acceptors (Lipinski definition) is 3. The molecule has 1 aromatic heterocycles. The first kappa shape index (κ1) is 19.5. The summed E-state index contributed by atoms with van der Waals surface area (Å²) in [7, 11) is 0.551. The predicted molar refractivity (Wildman–Crippen MR) is 102 cm³/mol. The molecular formula is C20H28N2O2Si. The number of carbonyl (C=O) groups excluding carboxylic acids is 1. The highest BCUT2D eigenvalue weighted by molar-refractivity contribution is 6.49. The van der Waals surface area contributed by atoms with Crippen LogP contribution in [0.1, 0.15) is 69.6 Å². The first-order valence-electron chi connectivity index (χ1n) is 8.62. The predicted octanol–water partition coefficient (Wildman–Crippen LogP) is 4.18. The lowest BCUT2D eigenvalue weighted by atomic mass is 10.0. The van der Waals surface area contributed by atoms with Gasteiger partial charge in [-0.25, -0.2) is 9.78 Å². The molecule has 4 nitrogen and oxygen atoms in total. The number of fused-ring (bicyclic) bond motifs is 1. The molecule has 0 unspecified atom stereocenters. The van der Waals surface area contributed by atoms with Crippen LogP contribution >= 0.6 is 0 Å². The zero-order valence-electron chi connectivity index (χ0n) is 16.6. The van der Waals surface area contributed by atoms with Crippen LogP contribution in [0.4, 0.5) is 4.79 Å². The second kappa shape index (κ2) is 6.84. The molecule has 0 fully saturated rings. The Hall–Kier alpha value is -1.80. The van der Waals surface area contributed by atoms with Crippen LogP contribution in [0, 0.1) is 25.3 Å². The highest BCUT2D eigenvalue weighted by atomic mass is 28.2. The van der Waals surface area contributed by atoms with Crippen LogP contribution in [0.5, 0.6) is 0 Å². The van der Waals surface area contributed by atoms with Crippen LogP contribution in [0.15, 0.2) is 0 Å². The van der Waals surface area contributed by atoms with Crippen molar-refractivity contribution in [1.82, 2.24) is 9.88 Å². The third kappa shape index (κ3) is 5.09. The smallest absolute Gasteiger partial charge is 0.410 e.